The van der Waals surface area contributed by atoms with Crippen LogP contribution < -0.4 is 0 Å². The molecule has 0 fully saturated rings. The van der Waals surface area contributed by atoms with E-state index in [2.05, 4.69) is 0 Å². The molecule has 0 aliphatic rings. The topological polar surface area (TPSA) is 57.5 Å². The third kappa shape index (κ3) is 4.78. The number of allylic oxidation sites excluding steroid dienone is 1. The second-order valence-corrected chi connectivity index (χ2v) is 6.64. The molecular formula is C23H19ClO3. The largest absolute Gasteiger partial charge is 0.502 e. The Balaban J connectivity index is 1.86. The highest BCUT2D eigenvalue weighted by Crippen LogP contribution is 2.27. The van der Waals surface area contributed by atoms with Crippen molar-refractivity contribution in [3.8, 4) is 11.1 Å². The van der Waals surface area contributed by atoms with Crippen LogP contribution in [0, 0.1) is 0 Å². The lowest BCUT2D eigenvalue weighted by Crippen LogP contribution is -2.04. The number of carboxylic acids is 1. The Labute approximate surface area is 163 Å². The van der Waals surface area contributed by atoms with Crippen molar-refractivity contribution >= 4 is 23.1 Å². The first-order valence-electron chi connectivity index (χ1n) is 8.60. The molecule has 0 saturated carbocycles. The minimum absolute atomic E-state index is 0.407. The predicted octanol–water partition coefficient (Wildman–Crippen LogP) is 5.99. The molecule has 0 aromatic heterocycles. The molecule has 27 heavy (non-hydrogen) atoms. The van der Waals surface area contributed by atoms with Crippen molar-refractivity contribution in [2.75, 3.05) is 0 Å². The zero-order chi connectivity index (χ0) is 19.2. The molecule has 0 saturated heterocycles. The van der Waals surface area contributed by atoms with E-state index < -0.39 is 11.7 Å². The molecule has 3 rings (SSSR count). The molecular weight excluding hydrogens is 360 g/mol. The number of aliphatic carboxylic acids is 1. The van der Waals surface area contributed by atoms with Crippen molar-refractivity contribution < 1.29 is 15.0 Å². The van der Waals surface area contributed by atoms with Crippen LogP contribution in [0.5, 0.6) is 0 Å². The van der Waals surface area contributed by atoms with Crippen LogP contribution in [0.2, 0.25) is 5.02 Å². The highest BCUT2D eigenvalue weighted by Gasteiger charge is 2.15. The lowest BCUT2D eigenvalue weighted by atomic mass is 9.95. The van der Waals surface area contributed by atoms with Crippen LogP contribution >= 0.6 is 11.6 Å². The van der Waals surface area contributed by atoms with Crippen LogP contribution in [0.15, 0.2) is 84.6 Å². The first kappa shape index (κ1) is 18.7. The Morgan fingerprint density at radius 3 is 1.96 bits per heavy atom. The minimum atomic E-state index is -1.33. The van der Waals surface area contributed by atoms with E-state index in [1.807, 2.05) is 66.7 Å². The summed E-state index contributed by atoms with van der Waals surface area (Å²) in [6.45, 7) is 0. The first-order valence-corrected chi connectivity index (χ1v) is 8.98. The van der Waals surface area contributed by atoms with Gasteiger partial charge in [-0.25, -0.2) is 4.79 Å². The summed E-state index contributed by atoms with van der Waals surface area (Å²) in [5, 5.41) is 20.0. The van der Waals surface area contributed by atoms with E-state index in [1.165, 1.54) is 0 Å². The van der Waals surface area contributed by atoms with Crippen molar-refractivity contribution in [3.05, 3.63) is 101 Å². The van der Waals surface area contributed by atoms with E-state index in [4.69, 9.17) is 11.6 Å². The third-order valence-electron chi connectivity index (χ3n) is 4.41. The molecule has 3 aromatic carbocycles. The maximum atomic E-state index is 11.3. The molecule has 0 aliphatic carbocycles. The van der Waals surface area contributed by atoms with Crippen molar-refractivity contribution in [1.29, 1.82) is 0 Å². The standard InChI is InChI=1S/C23H19ClO3/c24-20-13-6-16(7-14-20)8-15-21(22(25)23(26)27)19-11-9-18(10-12-19)17-4-2-1-3-5-17/h1-7,9-14,25H,8,15H2,(H,26,27)/b22-21+. The van der Waals surface area contributed by atoms with Crippen LogP contribution in [0.4, 0.5) is 0 Å². The number of benzene rings is 3. The van der Waals surface area contributed by atoms with Gasteiger partial charge in [-0.3, -0.25) is 0 Å². The van der Waals surface area contributed by atoms with Gasteiger partial charge >= 0.3 is 5.97 Å². The normalized spacial score (nSPS) is 11.7. The molecule has 3 aromatic rings. The number of rotatable bonds is 6. The molecule has 0 unspecified atom stereocenters. The van der Waals surface area contributed by atoms with Gasteiger partial charge in [0.2, 0.25) is 5.76 Å². The molecule has 0 heterocycles. The number of aryl methyl sites for hydroxylation is 1. The molecule has 0 radical (unpaired) electrons. The highest BCUT2D eigenvalue weighted by atomic mass is 35.5. The number of aliphatic hydroxyl groups excluding tert-OH is 1. The van der Waals surface area contributed by atoms with Gasteiger partial charge in [0.25, 0.3) is 0 Å². The zero-order valence-electron chi connectivity index (χ0n) is 14.6. The van der Waals surface area contributed by atoms with Crippen LogP contribution in [-0.2, 0) is 11.2 Å². The maximum absolute atomic E-state index is 11.3. The summed E-state index contributed by atoms with van der Waals surface area (Å²) in [6.07, 6.45) is 1.01. The summed E-state index contributed by atoms with van der Waals surface area (Å²) in [6, 6.07) is 24.9. The summed E-state index contributed by atoms with van der Waals surface area (Å²) in [5.41, 5.74) is 4.25. The molecule has 3 nitrogen and oxygen atoms in total. The fourth-order valence-electron chi connectivity index (χ4n) is 2.94. The number of aliphatic hydroxyl groups is 1. The van der Waals surface area contributed by atoms with Gasteiger partial charge in [0.15, 0.2) is 0 Å². The molecule has 0 spiro atoms. The fraction of sp³-hybridized carbons (Fsp3) is 0.0870. The van der Waals surface area contributed by atoms with Crippen LogP contribution in [-0.4, -0.2) is 16.2 Å². The second kappa shape index (κ2) is 8.56. The van der Waals surface area contributed by atoms with E-state index in [1.54, 1.807) is 12.1 Å². The molecule has 0 bridgehead atoms. The minimum Gasteiger partial charge on any atom is -0.502 e. The molecule has 2 N–H and O–H groups in total. The van der Waals surface area contributed by atoms with E-state index in [9.17, 15) is 15.0 Å². The number of hydrogen-bond donors (Lipinski definition) is 2. The smallest absolute Gasteiger partial charge is 0.371 e. The fourth-order valence-corrected chi connectivity index (χ4v) is 3.07. The monoisotopic (exact) mass is 378 g/mol. The summed E-state index contributed by atoms with van der Waals surface area (Å²) >= 11 is 5.90. The molecule has 4 heteroatoms. The number of hydrogen-bond acceptors (Lipinski definition) is 2. The Morgan fingerprint density at radius 1 is 0.778 bits per heavy atom. The van der Waals surface area contributed by atoms with Gasteiger partial charge < -0.3 is 10.2 Å². The Morgan fingerprint density at radius 2 is 1.37 bits per heavy atom. The summed E-state index contributed by atoms with van der Waals surface area (Å²) < 4.78 is 0. The summed E-state index contributed by atoms with van der Waals surface area (Å²) in [4.78, 5) is 11.3. The van der Waals surface area contributed by atoms with Crippen molar-refractivity contribution in [2.45, 2.75) is 12.8 Å². The zero-order valence-corrected chi connectivity index (χ0v) is 15.4. The van der Waals surface area contributed by atoms with Gasteiger partial charge in [0, 0.05) is 10.6 Å². The van der Waals surface area contributed by atoms with Gasteiger partial charge in [-0.2, -0.15) is 0 Å². The van der Waals surface area contributed by atoms with E-state index in [0.717, 1.165) is 16.7 Å². The maximum Gasteiger partial charge on any atom is 0.371 e. The van der Waals surface area contributed by atoms with Gasteiger partial charge in [0.1, 0.15) is 0 Å². The van der Waals surface area contributed by atoms with Gasteiger partial charge in [0.05, 0.1) is 0 Å². The van der Waals surface area contributed by atoms with Crippen LogP contribution in [0.25, 0.3) is 16.7 Å². The van der Waals surface area contributed by atoms with Crippen LogP contribution in [0.3, 0.4) is 0 Å². The molecule has 0 aliphatic heterocycles. The second-order valence-electron chi connectivity index (χ2n) is 6.20. The Bertz CT molecular complexity index is 943. The lowest BCUT2D eigenvalue weighted by Gasteiger charge is -2.11. The quantitative estimate of drug-likeness (QED) is 0.409. The predicted molar refractivity (Wildman–Crippen MR) is 109 cm³/mol. The number of carboxylic acid groups (broad SMARTS) is 1. The molecule has 136 valence electrons. The van der Waals surface area contributed by atoms with Crippen LogP contribution in [0.1, 0.15) is 17.5 Å². The van der Waals surface area contributed by atoms with Crippen molar-refractivity contribution in [1.82, 2.24) is 0 Å². The number of carbonyl (C=O) groups is 1. The Kier molecular flexibility index (Phi) is 5.94. The van der Waals surface area contributed by atoms with Gasteiger partial charge in [-0.05, 0) is 47.2 Å². The van der Waals surface area contributed by atoms with E-state index in [-0.39, 0.29) is 0 Å². The summed E-state index contributed by atoms with van der Waals surface area (Å²) in [7, 11) is 0. The summed E-state index contributed by atoms with van der Waals surface area (Å²) in [5.74, 6) is -1.94. The lowest BCUT2D eigenvalue weighted by molar-refractivity contribution is -0.135. The van der Waals surface area contributed by atoms with E-state index >= 15 is 0 Å². The van der Waals surface area contributed by atoms with E-state index in [0.29, 0.717) is 29.0 Å². The first-order chi connectivity index (χ1) is 13.0. The average Bonchev–Trinajstić information content (AvgIpc) is 2.70. The number of halogens is 1. The van der Waals surface area contributed by atoms with Gasteiger partial charge in [-0.15, -0.1) is 0 Å². The Hall–Kier alpha value is -3.04. The SMILES string of the molecule is O=C(O)/C(O)=C(/CCc1ccc(Cl)cc1)c1ccc(-c2ccccc2)cc1. The van der Waals surface area contributed by atoms with Crippen molar-refractivity contribution in [2.24, 2.45) is 0 Å². The molecule has 0 atom stereocenters. The highest BCUT2D eigenvalue weighted by molar-refractivity contribution is 6.30. The molecule has 0 amide bonds. The third-order valence-corrected chi connectivity index (χ3v) is 4.66. The van der Waals surface area contributed by atoms with Gasteiger partial charge in [-0.1, -0.05) is 78.3 Å². The van der Waals surface area contributed by atoms with Crippen molar-refractivity contribution in [3.63, 3.8) is 0 Å². The average molecular weight is 379 g/mol.